The van der Waals surface area contributed by atoms with Crippen molar-refractivity contribution < 1.29 is 13.2 Å². The van der Waals surface area contributed by atoms with E-state index in [0.717, 1.165) is 13.1 Å². The van der Waals surface area contributed by atoms with Crippen LogP contribution in [0.1, 0.15) is 6.92 Å². The molecule has 0 spiro atoms. The van der Waals surface area contributed by atoms with Gasteiger partial charge in [0, 0.05) is 26.7 Å². The van der Waals surface area contributed by atoms with Crippen molar-refractivity contribution in [3.05, 3.63) is 24.3 Å². The standard InChI is InChI=1S/C14H24N2O3S/c1-4-20(17,18)14-8-6-5-7-13(14)15-9-10-16(2)11-12-19-3/h5-8,15H,4,9-12H2,1-3H3. The highest BCUT2D eigenvalue weighted by Crippen LogP contribution is 2.21. The Kier molecular flexibility index (Phi) is 6.98. The lowest BCUT2D eigenvalue weighted by Gasteiger charge is -2.17. The number of likely N-dealkylation sites (N-methyl/N-ethyl adjacent to an activating group) is 1. The van der Waals surface area contributed by atoms with Gasteiger partial charge in [-0.2, -0.15) is 0 Å². The van der Waals surface area contributed by atoms with E-state index in [1.807, 2.05) is 13.1 Å². The molecule has 0 aliphatic heterocycles. The fraction of sp³-hybridized carbons (Fsp3) is 0.571. The summed E-state index contributed by atoms with van der Waals surface area (Å²) in [6.45, 7) is 4.72. The lowest BCUT2D eigenvalue weighted by atomic mass is 10.3. The van der Waals surface area contributed by atoms with Gasteiger partial charge in [0.05, 0.1) is 22.9 Å². The number of rotatable bonds is 9. The average Bonchev–Trinajstić information content (AvgIpc) is 2.45. The maximum absolute atomic E-state index is 12.0. The SMILES string of the molecule is CCS(=O)(=O)c1ccccc1NCCN(C)CCOC. The third-order valence-corrected chi connectivity index (χ3v) is 4.87. The molecule has 1 rings (SSSR count). The van der Waals surface area contributed by atoms with E-state index in [-0.39, 0.29) is 5.75 Å². The Bertz CT molecular complexity index is 503. The van der Waals surface area contributed by atoms with E-state index >= 15 is 0 Å². The first-order valence-corrected chi connectivity index (χ1v) is 8.39. The molecule has 1 N–H and O–H groups in total. The molecule has 20 heavy (non-hydrogen) atoms. The zero-order chi connectivity index (χ0) is 15.0. The summed E-state index contributed by atoms with van der Waals surface area (Å²) in [7, 11) is 0.498. The van der Waals surface area contributed by atoms with Crippen molar-refractivity contribution in [2.45, 2.75) is 11.8 Å². The molecule has 0 aliphatic rings. The number of nitrogens with one attached hydrogen (secondary N) is 1. The minimum atomic E-state index is -3.19. The van der Waals surface area contributed by atoms with Crippen LogP contribution in [0.5, 0.6) is 0 Å². The predicted octanol–water partition coefficient (Wildman–Crippen LogP) is 1.47. The molecule has 0 fully saturated rings. The van der Waals surface area contributed by atoms with Gasteiger partial charge in [-0.3, -0.25) is 0 Å². The Morgan fingerprint density at radius 3 is 2.60 bits per heavy atom. The first kappa shape index (κ1) is 16.9. The zero-order valence-corrected chi connectivity index (χ0v) is 13.2. The molecule has 0 aromatic heterocycles. The van der Waals surface area contributed by atoms with Crippen LogP contribution in [0.25, 0.3) is 0 Å². The second-order valence-electron chi connectivity index (χ2n) is 4.62. The van der Waals surface area contributed by atoms with E-state index in [1.165, 1.54) is 0 Å². The van der Waals surface area contributed by atoms with Crippen molar-refractivity contribution in [2.75, 3.05) is 51.5 Å². The topological polar surface area (TPSA) is 58.6 Å². The summed E-state index contributed by atoms with van der Waals surface area (Å²) in [6, 6.07) is 7.04. The summed E-state index contributed by atoms with van der Waals surface area (Å²) < 4.78 is 29.0. The second-order valence-corrected chi connectivity index (χ2v) is 6.87. The van der Waals surface area contributed by atoms with Crippen LogP contribution in [-0.2, 0) is 14.6 Å². The summed E-state index contributed by atoms with van der Waals surface area (Å²) in [6.07, 6.45) is 0. The average molecular weight is 300 g/mol. The minimum Gasteiger partial charge on any atom is -0.383 e. The number of hydrogen-bond acceptors (Lipinski definition) is 5. The van der Waals surface area contributed by atoms with Gasteiger partial charge in [-0.1, -0.05) is 19.1 Å². The van der Waals surface area contributed by atoms with E-state index in [2.05, 4.69) is 10.2 Å². The van der Waals surface area contributed by atoms with E-state index in [9.17, 15) is 8.42 Å². The summed E-state index contributed by atoms with van der Waals surface area (Å²) in [4.78, 5) is 2.51. The van der Waals surface area contributed by atoms with Crippen LogP contribution in [-0.4, -0.2) is 59.5 Å². The molecule has 0 atom stereocenters. The zero-order valence-electron chi connectivity index (χ0n) is 12.4. The predicted molar refractivity (Wildman–Crippen MR) is 82.0 cm³/mol. The molecule has 0 heterocycles. The number of para-hydroxylation sites is 1. The van der Waals surface area contributed by atoms with Gasteiger partial charge in [0.1, 0.15) is 0 Å². The second kappa shape index (κ2) is 8.24. The highest BCUT2D eigenvalue weighted by Gasteiger charge is 2.15. The van der Waals surface area contributed by atoms with Gasteiger partial charge in [0.2, 0.25) is 0 Å². The molecule has 5 nitrogen and oxygen atoms in total. The van der Waals surface area contributed by atoms with E-state index in [1.54, 1.807) is 32.2 Å². The lowest BCUT2D eigenvalue weighted by Crippen LogP contribution is -2.28. The van der Waals surface area contributed by atoms with Crippen molar-refractivity contribution in [2.24, 2.45) is 0 Å². The first-order chi connectivity index (χ1) is 9.51. The van der Waals surface area contributed by atoms with Crippen LogP contribution in [0.2, 0.25) is 0 Å². The van der Waals surface area contributed by atoms with Gasteiger partial charge in [-0.05, 0) is 19.2 Å². The maximum atomic E-state index is 12.0. The Morgan fingerprint density at radius 2 is 1.95 bits per heavy atom. The Labute approximate surface area is 121 Å². The van der Waals surface area contributed by atoms with Gasteiger partial charge in [-0.15, -0.1) is 0 Å². The number of hydrogen-bond donors (Lipinski definition) is 1. The molecule has 1 aromatic rings. The number of sulfone groups is 1. The summed E-state index contributed by atoms with van der Waals surface area (Å²) in [5.41, 5.74) is 0.675. The van der Waals surface area contributed by atoms with E-state index in [4.69, 9.17) is 4.74 Å². The van der Waals surface area contributed by atoms with E-state index < -0.39 is 9.84 Å². The highest BCUT2D eigenvalue weighted by atomic mass is 32.2. The van der Waals surface area contributed by atoms with Gasteiger partial charge >= 0.3 is 0 Å². The number of methoxy groups -OCH3 is 1. The van der Waals surface area contributed by atoms with Crippen LogP contribution < -0.4 is 5.32 Å². The van der Waals surface area contributed by atoms with Crippen molar-refractivity contribution in [1.29, 1.82) is 0 Å². The van der Waals surface area contributed by atoms with Gasteiger partial charge in [0.25, 0.3) is 0 Å². The van der Waals surface area contributed by atoms with Crippen molar-refractivity contribution in [1.82, 2.24) is 4.90 Å². The van der Waals surface area contributed by atoms with Crippen LogP contribution in [0.15, 0.2) is 29.2 Å². The van der Waals surface area contributed by atoms with Crippen LogP contribution in [0.4, 0.5) is 5.69 Å². The molecule has 0 saturated carbocycles. The third kappa shape index (κ3) is 5.11. The smallest absolute Gasteiger partial charge is 0.180 e. The van der Waals surface area contributed by atoms with Crippen LogP contribution in [0.3, 0.4) is 0 Å². The quantitative estimate of drug-likeness (QED) is 0.748. The molecule has 114 valence electrons. The van der Waals surface area contributed by atoms with E-state index in [0.29, 0.717) is 23.7 Å². The van der Waals surface area contributed by atoms with Crippen LogP contribution >= 0.6 is 0 Å². The molecule has 0 radical (unpaired) electrons. The van der Waals surface area contributed by atoms with Gasteiger partial charge in [0.15, 0.2) is 9.84 Å². The summed E-state index contributed by atoms with van der Waals surface area (Å²) in [5, 5.41) is 3.20. The fourth-order valence-corrected chi connectivity index (χ4v) is 2.85. The van der Waals surface area contributed by atoms with Gasteiger partial charge < -0.3 is 15.0 Å². The highest BCUT2D eigenvalue weighted by molar-refractivity contribution is 7.91. The van der Waals surface area contributed by atoms with Crippen LogP contribution in [0, 0.1) is 0 Å². The maximum Gasteiger partial charge on any atom is 0.180 e. The Morgan fingerprint density at radius 1 is 1.25 bits per heavy atom. The number of ether oxygens (including phenoxy) is 1. The summed E-state index contributed by atoms with van der Waals surface area (Å²) in [5.74, 6) is 0.111. The lowest BCUT2D eigenvalue weighted by molar-refractivity contribution is 0.163. The van der Waals surface area contributed by atoms with Crippen molar-refractivity contribution in [3.63, 3.8) is 0 Å². The molecule has 0 unspecified atom stereocenters. The molecule has 1 aromatic carbocycles. The fourth-order valence-electron chi connectivity index (χ4n) is 1.78. The number of nitrogens with zero attached hydrogens (tertiary/aromatic N) is 1. The molecular formula is C14H24N2O3S. The summed E-state index contributed by atoms with van der Waals surface area (Å²) >= 11 is 0. The molecular weight excluding hydrogens is 276 g/mol. The first-order valence-electron chi connectivity index (χ1n) is 6.74. The molecule has 0 aliphatic carbocycles. The Balaban J connectivity index is 2.61. The van der Waals surface area contributed by atoms with Gasteiger partial charge in [-0.25, -0.2) is 8.42 Å². The van der Waals surface area contributed by atoms with Crippen molar-refractivity contribution >= 4 is 15.5 Å². The largest absolute Gasteiger partial charge is 0.383 e. The molecule has 0 bridgehead atoms. The molecule has 6 heteroatoms. The number of anilines is 1. The normalized spacial score (nSPS) is 11.8. The molecule has 0 saturated heterocycles. The number of benzene rings is 1. The third-order valence-electron chi connectivity index (χ3n) is 3.09. The minimum absolute atomic E-state index is 0.111. The monoisotopic (exact) mass is 300 g/mol. The Hall–Kier alpha value is -1.11. The van der Waals surface area contributed by atoms with Crippen molar-refractivity contribution in [3.8, 4) is 0 Å². The molecule has 0 amide bonds.